The van der Waals surface area contributed by atoms with Crippen molar-refractivity contribution in [3.63, 3.8) is 0 Å². The van der Waals surface area contributed by atoms with Gasteiger partial charge in [-0.15, -0.1) is 0 Å². The van der Waals surface area contributed by atoms with Gasteiger partial charge in [0, 0.05) is 32.2 Å². The van der Waals surface area contributed by atoms with Crippen molar-refractivity contribution in [2.75, 3.05) is 32.6 Å². The molecule has 1 aliphatic rings. The zero-order chi connectivity index (χ0) is 22.4. The first-order valence-electron chi connectivity index (χ1n) is 10.2. The third-order valence-electron chi connectivity index (χ3n) is 4.94. The Hall–Kier alpha value is -1.72. The van der Waals surface area contributed by atoms with Crippen LogP contribution in [0.1, 0.15) is 24.5 Å². The number of aryl methyl sites for hydroxylation is 1. The van der Waals surface area contributed by atoms with Crippen LogP contribution in [0.2, 0.25) is 0 Å². The van der Waals surface area contributed by atoms with Gasteiger partial charge < -0.3 is 32.0 Å². The maximum absolute atomic E-state index is 10.0. The normalized spacial score (nSPS) is 12.8. The van der Waals surface area contributed by atoms with Gasteiger partial charge in [-0.1, -0.05) is 0 Å². The third-order valence-corrected chi connectivity index (χ3v) is 4.94. The number of anilines is 2. The monoisotopic (exact) mass is 511 g/mol. The number of rotatable bonds is 5. The minimum absolute atomic E-state index is 0. The summed E-state index contributed by atoms with van der Waals surface area (Å²) in [5.74, 6) is 1.24. The van der Waals surface area contributed by atoms with Crippen LogP contribution in [0.3, 0.4) is 0 Å². The molecular weight excluding hydrogens is 482 g/mol. The minimum atomic E-state index is -0.108. The summed E-state index contributed by atoms with van der Waals surface area (Å²) in [6.07, 6.45) is 5.28. The number of nitrogens with one attached hydrogen (secondary N) is 1. The van der Waals surface area contributed by atoms with Gasteiger partial charge in [-0.2, -0.15) is 23.0 Å². The molecule has 3 aromatic rings. The van der Waals surface area contributed by atoms with Crippen molar-refractivity contribution in [1.29, 1.82) is 0 Å². The molecule has 1 aliphatic heterocycles. The second kappa shape index (κ2) is 12.5. The molecule has 0 saturated heterocycles. The van der Waals surface area contributed by atoms with Crippen LogP contribution in [-0.4, -0.2) is 103 Å². The number of benzene rings is 1. The first-order chi connectivity index (χ1) is 14.9. The summed E-state index contributed by atoms with van der Waals surface area (Å²) in [4.78, 5) is 21.2. The Morgan fingerprint density at radius 3 is 2.72 bits per heavy atom. The fourth-order valence-corrected chi connectivity index (χ4v) is 3.35. The van der Waals surface area contributed by atoms with Gasteiger partial charge in [0.25, 0.3) is 0 Å². The second-order valence-electron chi connectivity index (χ2n) is 7.43. The average Bonchev–Trinajstić information content (AvgIpc) is 3.12. The third kappa shape index (κ3) is 6.89. The molecule has 10 heteroatoms. The van der Waals surface area contributed by atoms with E-state index in [0.29, 0.717) is 18.9 Å². The number of likely N-dealkylation sites (N-methyl/N-ethyl adjacent to an activating group) is 1. The SMILES string of the molecule is COc1cc2c(cc1Nc1ncc3cnn(C)c3n1)CN(C)CC2.[CH2-]CC[N-]C(C)=O.[Sr+2]. The number of hydrogen-bond acceptors (Lipinski definition) is 7. The van der Waals surface area contributed by atoms with E-state index in [0.717, 1.165) is 42.0 Å². The minimum Gasteiger partial charge on any atom is -0.656 e. The van der Waals surface area contributed by atoms with Gasteiger partial charge in [0.15, 0.2) is 5.65 Å². The van der Waals surface area contributed by atoms with E-state index in [1.165, 1.54) is 18.1 Å². The van der Waals surface area contributed by atoms with E-state index < -0.39 is 0 Å². The van der Waals surface area contributed by atoms with Crippen LogP contribution in [0.25, 0.3) is 16.4 Å². The average molecular weight is 511 g/mol. The molecule has 0 spiro atoms. The van der Waals surface area contributed by atoms with Gasteiger partial charge in [-0.25, -0.2) is 4.98 Å². The maximum atomic E-state index is 10.0. The van der Waals surface area contributed by atoms with E-state index in [9.17, 15) is 4.79 Å². The Balaban J connectivity index is 0.000000398. The maximum Gasteiger partial charge on any atom is 2.00 e. The molecule has 9 nitrogen and oxygen atoms in total. The topological polar surface area (TPSA) is 99.3 Å². The van der Waals surface area contributed by atoms with E-state index in [2.05, 4.69) is 56.7 Å². The van der Waals surface area contributed by atoms with Crippen LogP contribution in [0.5, 0.6) is 5.75 Å². The van der Waals surface area contributed by atoms with Crippen molar-refractivity contribution >= 4 is 74.1 Å². The number of methoxy groups -OCH3 is 1. The first-order valence-corrected chi connectivity index (χ1v) is 10.2. The van der Waals surface area contributed by atoms with Gasteiger partial charge in [-0.05, 0) is 43.7 Å². The molecule has 0 aliphatic carbocycles. The Bertz CT molecular complexity index is 1050. The molecule has 0 bridgehead atoms. The summed E-state index contributed by atoms with van der Waals surface area (Å²) in [5.41, 5.74) is 4.34. The number of amides is 1. The quantitative estimate of drug-likeness (QED) is 0.416. The van der Waals surface area contributed by atoms with Crippen LogP contribution in [0.15, 0.2) is 24.5 Å². The molecule has 166 valence electrons. The standard InChI is InChI=1S/C17H20N6O.C5H10NO.Sr/c1-22-5-4-11-7-15(24-3)14(6-12(11)10-22)20-17-18-8-13-9-19-23(2)16(13)21-17;1-3-4-6-5(2)7;/h6-9H,4-5,10H2,1-3H3,(H,18,20,21);1,3-4H2,2H3,(H,6,7);/q;-1;+2/p-1. The van der Waals surface area contributed by atoms with Crippen LogP contribution < -0.4 is 10.1 Å². The number of aromatic nitrogens is 4. The Morgan fingerprint density at radius 1 is 1.28 bits per heavy atom. The molecule has 2 aromatic heterocycles. The van der Waals surface area contributed by atoms with Crippen molar-refractivity contribution in [2.24, 2.45) is 7.05 Å². The summed E-state index contributed by atoms with van der Waals surface area (Å²) in [6, 6.07) is 4.26. The van der Waals surface area contributed by atoms with E-state index in [1.54, 1.807) is 24.2 Å². The molecule has 4 rings (SSSR count). The Labute approximate surface area is 226 Å². The van der Waals surface area contributed by atoms with Crippen molar-refractivity contribution in [3.05, 3.63) is 47.9 Å². The molecule has 0 fully saturated rings. The number of carbonyl (C=O) groups excluding carboxylic acids is 1. The second-order valence-corrected chi connectivity index (χ2v) is 7.43. The predicted molar refractivity (Wildman–Crippen MR) is 127 cm³/mol. The van der Waals surface area contributed by atoms with E-state index in [1.807, 2.05) is 7.05 Å². The van der Waals surface area contributed by atoms with Gasteiger partial charge in [0.2, 0.25) is 5.95 Å². The van der Waals surface area contributed by atoms with Crippen molar-refractivity contribution < 1.29 is 9.53 Å². The Kier molecular flexibility index (Phi) is 10.4. The number of carbonyl (C=O) groups is 1. The molecule has 0 radical (unpaired) electrons. The van der Waals surface area contributed by atoms with Crippen LogP contribution in [0.4, 0.5) is 11.6 Å². The largest absolute Gasteiger partial charge is 2.00 e. The molecular formula is C22H29N7O2Sr. The fourth-order valence-electron chi connectivity index (χ4n) is 3.35. The van der Waals surface area contributed by atoms with E-state index in [-0.39, 0.29) is 51.4 Å². The fraction of sp³-hybridized carbons (Fsp3) is 0.409. The van der Waals surface area contributed by atoms with E-state index in [4.69, 9.17) is 4.74 Å². The summed E-state index contributed by atoms with van der Waals surface area (Å²) < 4.78 is 7.29. The zero-order valence-corrected chi connectivity index (χ0v) is 22.7. The molecule has 32 heavy (non-hydrogen) atoms. The number of hydrogen-bond donors (Lipinski definition) is 1. The molecule has 0 saturated carbocycles. The van der Waals surface area contributed by atoms with Crippen LogP contribution in [0, 0.1) is 6.92 Å². The molecule has 1 amide bonds. The smallest absolute Gasteiger partial charge is 0.656 e. The Morgan fingerprint density at radius 2 is 2.06 bits per heavy atom. The summed E-state index contributed by atoms with van der Waals surface area (Å²) >= 11 is 0. The van der Waals surface area contributed by atoms with Gasteiger partial charge in [0.05, 0.1) is 24.4 Å². The number of fused-ring (bicyclic) bond motifs is 2. The van der Waals surface area contributed by atoms with Gasteiger partial charge in [-0.3, -0.25) is 4.68 Å². The number of nitrogens with zero attached hydrogens (tertiary/aromatic N) is 6. The van der Waals surface area contributed by atoms with Crippen molar-refractivity contribution in [1.82, 2.24) is 24.6 Å². The number of ether oxygens (including phenoxy) is 1. The van der Waals surface area contributed by atoms with Gasteiger partial charge >= 0.3 is 45.5 Å². The molecule has 3 heterocycles. The van der Waals surface area contributed by atoms with Gasteiger partial charge in [0.1, 0.15) is 5.75 Å². The molecule has 0 atom stereocenters. The summed E-state index contributed by atoms with van der Waals surface area (Å²) in [6.45, 7) is 7.53. The molecule has 0 unspecified atom stereocenters. The molecule has 1 N–H and O–H groups in total. The van der Waals surface area contributed by atoms with Crippen molar-refractivity contribution in [2.45, 2.75) is 26.3 Å². The summed E-state index contributed by atoms with van der Waals surface area (Å²) in [5, 5.41) is 12.0. The first kappa shape index (κ1) is 26.5. The molecule has 1 aromatic carbocycles. The zero-order valence-electron chi connectivity index (χ0n) is 19.3. The summed E-state index contributed by atoms with van der Waals surface area (Å²) in [7, 11) is 5.70. The predicted octanol–water partition coefficient (Wildman–Crippen LogP) is 2.85. The van der Waals surface area contributed by atoms with Crippen LogP contribution in [-0.2, 0) is 24.8 Å². The van der Waals surface area contributed by atoms with Crippen molar-refractivity contribution in [3.8, 4) is 5.75 Å². The van der Waals surface area contributed by atoms with E-state index >= 15 is 0 Å². The van der Waals surface area contributed by atoms with Crippen LogP contribution >= 0.6 is 0 Å².